The number of aromatic nitrogens is 1. The molecule has 0 aliphatic carbocycles. The van der Waals surface area contributed by atoms with Crippen LogP contribution in [-0.4, -0.2) is 36.6 Å². The highest BCUT2D eigenvalue weighted by molar-refractivity contribution is 6.01. The Morgan fingerprint density at radius 3 is 2.85 bits per heavy atom. The molecule has 0 saturated carbocycles. The van der Waals surface area contributed by atoms with Gasteiger partial charge in [0.2, 0.25) is 0 Å². The number of ether oxygens (including phenoxy) is 1. The molecule has 3 N–H and O–H groups in total. The van der Waals surface area contributed by atoms with E-state index in [1.807, 2.05) is 19.9 Å². The summed E-state index contributed by atoms with van der Waals surface area (Å²) in [5.74, 6) is 0.892. The Bertz CT molecular complexity index is 495. The summed E-state index contributed by atoms with van der Waals surface area (Å²) >= 11 is 0. The molecular formula is C15H24N4O. The lowest BCUT2D eigenvalue weighted by Crippen LogP contribution is -2.35. The lowest BCUT2D eigenvalue weighted by atomic mass is 10.1. The zero-order chi connectivity index (χ0) is 14.7. The van der Waals surface area contributed by atoms with Gasteiger partial charge in [0.05, 0.1) is 11.7 Å². The van der Waals surface area contributed by atoms with Crippen LogP contribution in [0.15, 0.2) is 6.07 Å². The van der Waals surface area contributed by atoms with Gasteiger partial charge in [0, 0.05) is 25.4 Å². The average molecular weight is 276 g/mol. The standard InChI is InChI=1S/C15H24N4O/c1-4-19(9-12-6-5-7-20-12)15-13(14(16)17)10(2)8-11(3)18-15/h8,12H,4-7,9H2,1-3H3,(H3,16,17). The predicted octanol–water partition coefficient (Wildman–Crippen LogP) is 1.99. The molecule has 0 spiro atoms. The molecule has 1 aliphatic rings. The minimum Gasteiger partial charge on any atom is -0.384 e. The van der Waals surface area contributed by atoms with Gasteiger partial charge in [-0.3, -0.25) is 5.41 Å². The van der Waals surface area contributed by atoms with Crippen molar-refractivity contribution >= 4 is 11.7 Å². The quantitative estimate of drug-likeness (QED) is 0.637. The number of anilines is 1. The SMILES string of the molecule is CCN(CC1CCCO1)c1nc(C)cc(C)c1C(=N)N. The highest BCUT2D eigenvalue weighted by atomic mass is 16.5. The Labute approximate surface area is 120 Å². The van der Waals surface area contributed by atoms with Gasteiger partial charge in [-0.25, -0.2) is 4.98 Å². The van der Waals surface area contributed by atoms with Crippen molar-refractivity contribution < 1.29 is 4.74 Å². The van der Waals surface area contributed by atoms with E-state index < -0.39 is 0 Å². The molecule has 1 aromatic rings. The molecule has 5 heteroatoms. The molecule has 0 bridgehead atoms. The Morgan fingerprint density at radius 1 is 1.55 bits per heavy atom. The monoisotopic (exact) mass is 276 g/mol. The number of likely N-dealkylation sites (N-methyl/N-ethyl adjacent to an activating group) is 1. The first-order valence-corrected chi connectivity index (χ1v) is 7.22. The van der Waals surface area contributed by atoms with Gasteiger partial charge >= 0.3 is 0 Å². The fraction of sp³-hybridized carbons (Fsp3) is 0.600. The zero-order valence-corrected chi connectivity index (χ0v) is 12.6. The number of hydrogen-bond acceptors (Lipinski definition) is 4. The maximum absolute atomic E-state index is 7.82. The third-order valence-corrected chi connectivity index (χ3v) is 3.72. The van der Waals surface area contributed by atoms with Crippen LogP contribution in [0.3, 0.4) is 0 Å². The first-order chi connectivity index (χ1) is 9.52. The topological polar surface area (TPSA) is 75.2 Å². The van der Waals surface area contributed by atoms with Gasteiger partial charge in [0.25, 0.3) is 0 Å². The van der Waals surface area contributed by atoms with Crippen molar-refractivity contribution in [3.05, 3.63) is 22.9 Å². The van der Waals surface area contributed by atoms with Crippen LogP contribution in [0.4, 0.5) is 5.82 Å². The second-order valence-corrected chi connectivity index (χ2v) is 5.37. The van der Waals surface area contributed by atoms with Gasteiger partial charge in [-0.1, -0.05) is 0 Å². The molecule has 1 saturated heterocycles. The Balaban J connectivity index is 2.34. The van der Waals surface area contributed by atoms with E-state index in [1.165, 1.54) is 0 Å². The van der Waals surface area contributed by atoms with Crippen LogP contribution < -0.4 is 10.6 Å². The van der Waals surface area contributed by atoms with E-state index in [0.717, 1.165) is 55.2 Å². The van der Waals surface area contributed by atoms with Crippen molar-refractivity contribution in [3.63, 3.8) is 0 Å². The smallest absolute Gasteiger partial charge is 0.140 e. The van der Waals surface area contributed by atoms with Gasteiger partial charge in [-0.15, -0.1) is 0 Å². The van der Waals surface area contributed by atoms with Crippen molar-refractivity contribution in [3.8, 4) is 0 Å². The molecule has 1 unspecified atom stereocenters. The first kappa shape index (κ1) is 14.8. The van der Waals surface area contributed by atoms with E-state index in [1.54, 1.807) is 0 Å². The fourth-order valence-electron chi connectivity index (χ4n) is 2.78. The molecule has 2 heterocycles. The number of nitrogens with one attached hydrogen (secondary N) is 1. The number of pyridine rings is 1. The van der Waals surface area contributed by atoms with E-state index in [-0.39, 0.29) is 11.9 Å². The number of nitrogens with zero attached hydrogens (tertiary/aromatic N) is 2. The maximum atomic E-state index is 7.82. The molecule has 1 atom stereocenters. The van der Waals surface area contributed by atoms with Gasteiger partial charge in [-0.05, 0) is 45.2 Å². The number of aryl methyl sites for hydroxylation is 2. The predicted molar refractivity (Wildman–Crippen MR) is 81.6 cm³/mol. The van der Waals surface area contributed by atoms with Gasteiger partial charge < -0.3 is 15.4 Å². The minimum absolute atomic E-state index is 0.0794. The van der Waals surface area contributed by atoms with Crippen LogP contribution in [0.5, 0.6) is 0 Å². The van der Waals surface area contributed by atoms with Crippen molar-refractivity contribution in [1.82, 2.24) is 4.98 Å². The summed E-state index contributed by atoms with van der Waals surface area (Å²) in [6.45, 7) is 8.54. The zero-order valence-electron chi connectivity index (χ0n) is 12.6. The second-order valence-electron chi connectivity index (χ2n) is 5.37. The molecule has 1 aromatic heterocycles. The molecule has 110 valence electrons. The highest BCUT2D eigenvalue weighted by Crippen LogP contribution is 2.24. The largest absolute Gasteiger partial charge is 0.384 e. The van der Waals surface area contributed by atoms with Gasteiger partial charge in [0.1, 0.15) is 11.7 Å². The van der Waals surface area contributed by atoms with E-state index in [9.17, 15) is 0 Å². The van der Waals surface area contributed by atoms with Crippen molar-refractivity contribution in [2.24, 2.45) is 5.73 Å². The van der Waals surface area contributed by atoms with E-state index in [2.05, 4.69) is 16.8 Å². The molecule has 0 amide bonds. The summed E-state index contributed by atoms with van der Waals surface area (Å²) in [6, 6.07) is 1.97. The molecule has 5 nitrogen and oxygen atoms in total. The summed E-state index contributed by atoms with van der Waals surface area (Å²) in [6.07, 6.45) is 2.48. The van der Waals surface area contributed by atoms with Crippen LogP contribution >= 0.6 is 0 Å². The molecular weight excluding hydrogens is 252 g/mol. The fourth-order valence-corrected chi connectivity index (χ4v) is 2.78. The minimum atomic E-state index is 0.0794. The summed E-state index contributed by atoms with van der Waals surface area (Å²) < 4.78 is 5.71. The molecule has 2 rings (SSSR count). The van der Waals surface area contributed by atoms with Crippen LogP contribution in [0.2, 0.25) is 0 Å². The lowest BCUT2D eigenvalue weighted by Gasteiger charge is -2.27. The van der Waals surface area contributed by atoms with Crippen LogP contribution in [0.25, 0.3) is 0 Å². The van der Waals surface area contributed by atoms with Crippen molar-refractivity contribution in [2.45, 2.75) is 39.7 Å². The Hall–Kier alpha value is -1.62. The number of nitrogens with two attached hydrogens (primary N) is 1. The van der Waals surface area contributed by atoms with E-state index >= 15 is 0 Å². The molecule has 0 aromatic carbocycles. The van der Waals surface area contributed by atoms with Crippen LogP contribution in [-0.2, 0) is 4.74 Å². The summed E-state index contributed by atoms with van der Waals surface area (Å²) in [5.41, 5.74) is 8.45. The first-order valence-electron chi connectivity index (χ1n) is 7.22. The Kier molecular flexibility index (Phi) is 4.60. The second kappa shape index (κ2) is 6.22. The Morgan fingerprint density at radius 2 is 2.30 bits per heavy atom. The third-order valence-electron chi connectivity index (χ3n) is 3.72. The van der Waals surface area contributed by atoms with E-state index in [4.69, 9.17) is 15.9 Å². The molecule has 1 fully saturated rings. The number of nitrogen functional groups attached to an aromatic ring is 1. The molecule has 0 radical (unpaired) electrons. The van der Waals surface area contributed by atoms with Crippen molar-refractivity contribution in [2.75, 3.05) is 24.6 Å². The average Bonchev–Trinajstić information content (AvgIpc) is 2.87. The van der Waals surface area contributed by atoms with Crippen LogP contribution in [0, 0.1) is 19.3 Å². The van der Waals surface area contributed by atoms with Crippen LogP contribution in [0.1, 0.15) is 36.6 Å². The normalized spacial score (nSPS) is 18.2. The third kappa shape index (κ3) is 3.10. The molecule has 1 aliphatic heterocycles. The summed E-state index contributed by atoms with van der Waals surface area (Å²) in [4.78, 5) is 6.79. The highest BCUT2D eigenvalue weighted by Gasteiger charge is 2.22. The number of rotatable bonds is 5. The number of hydrogen-bond donors (Lipinski definition) is 2. The maximum Gasteiger partial charge on any atom is 0.140 e. The van der Waals surface area contributed by atoms with Gasteiger partial charge in [-0.2, -0.15) is 0 Å². The molecule has 20 heavy (non-hydrogen) atoms. The van der Waals surface area contributed by atoms with Gasteiger partial charge in [0.15, 0.2) is 0 Å². The summed E-state index contributed by atoms with van der Waals surface area (Å²) in [7, 11) is 0. The van der Waals surface area contributed by atoms with E-state index in [0.29, 0.717) is 0 Å². The number of amidine groups is 1. The lowest BCUT2D eigenvalue weighted by molar-refractivity contribution is 0.115. The summed E-state index contributed by atoms with van der Waals surface area (Å²) in [5, 5.41) is 7.82. The van der Waals surface area contributed by atoms with Crippen molar-refractivity contribution in [1.29, 1.82) is 5.41 Å².